The molecular weight excluding hydrogens is 288 g/mol. The van der Waals surface area contributed by atoms with Crippen LogP contribution in [0, 0.1) is 5.41 Å². The van der Waals surface area contributed by atoms with Gasteiger partial charge in [-0.3, -0.25) is 9.59 Å². The molecule has 1 aromatic heterocycles. The number of carbonyl (C=O) groups excluding carboxylic acids is 2. The number of amides is 1. The van der Waals surface area contributed by atoms with Gasteiger partial charge in [-0.15, -0.1) is 11.3 Å². The van der Waals surface area contributed by atoms with Crippen LogP contribution in [-0.2, 0) is 20.9 Å². The van der Waals surface area contributed by atoms with Crippen molar-refractivity contribution in [2.45, 2.75) is 59.6 Å². The Morgan fingerprint density at radius 1 is 1.29 bits per heavy atom. The Kier molecular flexibility index (Phi) is 5.89. The lowest BCUT2D eigenvalue weighted by Crippen LogP contribution is -2.48. The molecule has 1 rings (SSSR count). The van der Waals surface area contributed by atoms with Gasteiger partial charge in [0, 0.05) is 11.6 Å². The number of rotatable bonds is 6. The third kappa shape index (κ3) is 4.52. The van der Waals surface area contributed by atoms with E-state index in [1.165, 1.54) is 11.3 Å². The monoisotopic (exact) mass is 312 g/mol. The van der Waals surface area contributed by atoms with E-state index in [0.29, 0.717) is 19.4 Å². The molecule has 0 aliphatic heterocycles. The highest BCUT2D eigenvalue weighted by atomic mass is 32.1. The van der Waals surface area contributed by atoms with Crippen LogP contribution in [0.15, 0.2) is 11.6 Å². The molecule has 0 saturated carbocycles. The molecule has 0 saturated heterocycles. The highest BCUT2D eigenvalue weighted by molar-refractivity contribution is 7.09. The topological polar surface area (TPSA) is 68.3 Å². The minimum Gasteiger partial charge on any atom is -0.459 e. The standard InChI is InChI=1S/C15H24N2O3S/c1-6-15(7-2,13(19)20-14(3,4)5)12(18)17-10-11-16-8-9-21-11/h8-9H,6-7,10H2,1-5H3,(H,17,18). The molecule has 1 heterocycles. The Morgan fingerprint density at radius 3 is 2.33 bits per heavy atom. The Morgan fingerprint density at radius 2 is 1.90 bits per heavy atom. The van der Waals surface area contributed by atoms with Crippen molar-refractivity contribution in [3.63, 3.8) is 0 Å². The molecule has 0 spiro atoms. The number of hydrogen-bond acceptors (Lipinski definition) is 5. The van der Waals surface area contributed by atoms with E-state index >= 15 is 0 Å². The molecule has 0 fully saturated rings. The van der Waals surface area contributed by atoms with Crippen LogP contribution < -0.4 is 5.32 Å². The quantitative estimate of drug-likeness (QED) is 0.648. The number of aromatic nitrogens is 1. The predicted molar refractivity (Wildman–Crippen MR) is 82.8 cm³/mol. The molecule has 1 aromatic rings. The van der Waals surface area contributed by atoms with Gasteiger partial charge in [0.05, 0.1) is 6.54 Å². The third-order valence-electron chi connectivity index (χ3n) is 3.32. The van der Waals surface area contributed by atoms with Gasteiger partial charge in [-0.25, -0.2) is 4.98 Å². The minimum absolute atomic E-state index is 0.294. The van der Waals surface area contributed by atoms with Gasteiger partial charge in [0.2, 0.25) is 5.91 Å². The van der Waals surface area contributed by atoms with Gasteiger partial charge >= 0.3 is 5.97 Å². The summed E-state index contributed by atoms with van der Waals surface area (Å²) in [6.07, 6.45) is 2.50. The number of thiazole rings is 1. The second-order valence-electron chi connectivity index (χ2n) is 5.90. The number of esters is 1. The van der Waals surface area contributed by atoms with Gasteiger partial charge in [-0.05, 0) is 33.6 Å². The summed E-state index contributed by atoms with van der Waals surface area (Å²) in [6.45, 7) is 9.39. The molecule has 0 bridgehead atoms. The van der Waals surface area contributed by atoms with Crippen LogP contribution in [-0.4, -0.2) is 22.5 Å². The van der Waals surface area contributed by atoms with Crippen molar-refractivity contribution in [3.8, 4) is 0 Å². The van der Waals surface area contributed by atoms with E-state index in [1.807, 2.05) is 19.2 Å². The molecule has 0 atom stereocenters. The van der Waals surface area contributed by atoms with Crippen molar-refractivity contribution >= 4 is 23.2 Å². The molecule has 0 aliphatic carbocycles. The molecule has 0 aromatic carbocycles. The first-order valence-corrected chi connectivity index (χ1v) is 8.03. The first-order chi connectivity index (χ1) is 9.75. The molecule has 21 heavy (non-hydrogen) atoms. The second-order valence-corrected chi connectivity index (χ2v) is 6.88. The Bertz CT molecular complexity index is 474. The van der Waals surface area contributed by atoms with Crippen LogP contribution in [0.3, 0.4) is 0 Å². The first kappa shape index (κ1) is 17.6. The molecule has 0 radical (unpaired) electrons. The molecule has 0 unspecified atom stereocenters. The molecular formula is C15H24N2O3S. The molecule has 1 N–H and O–H groups in total. The minimum atomic E-state index is -1.13. The Balaban J connectivity index is 2.82. The average Bonchev–Trinajstić information content (AvgIpc) is 2.89. The molecule has 6 heteroatoms. The number of nitrogens with one attached hydrogen (secondary N) is 1. The highest BCUT2D eigenvalue weighted by Gasteiger charge is 2.45. The largest absolute Gasteiger partial charge is 0.459 e. The van der Waals surface area contributed by atoms with Gasteiger partial charge in [-0.1, -0.05) is 13.8 Å². The van der Waals surface area contributed by atoms with Crippen LogP contribution in [0.1, 0.15) is 52.5 Å². The molecule has 1 amide bonds. The van der Waals surface area contributed by atoms with Gasteiger partial charge < -0.3 is 10.1 Å². The molecule has 5 nitrogen and oxygen atoms in total. The Labute approximate surface area is 130 Å². The van der Waals surface area contributed by atoms with Crippen LogP contribution in [0.5, 0.6) is 0 Å². The van der Waals surface area contributed by atoms with E-state index in [1.54, 1.807) is 27.0 Å². The van der Waals surface area contributed by atoms with Gasteiger partial charge in [-0.2, -0.15) is 0 Å². The van der Waals surface area contributed by atoms with Crippen LogP contribution in [0.25, 0.3) is 0 Å². The fraction of sp³-hybridized carbons (Fsp3) is 0.667. The summed E-state index contributed by atoms with van der Waals surface area (Å²) in [5, 5.41) is 5.47. The summed E-state index contributed by atoms with van der Waals surface area (Å²) in [6, 6.07) is 0. The normalized spacial score (nSPS) is 12.0. The summed E-state index contributed by atoms with van der Waals surface area (Å²) in [4.78, 5) is 29.1. The SMILES string of the molecule is CCC(CC)(C(=O)NCc1nccs1)C(=O)OC(C)(C)C. The lowest BCUT2D eigenvalue weighted by Gasteiger charge is -2.31. The number of carbonyl (C=O) groups is 2. The van der Waals surface area contributed by atoms with E-state index in [2.05, 4.69) is 10.3 Å². The van der Waals surface area contributed by atoms with E-state index in [9.17, 15) is 9.59 Å². The molecule has 118 valence electrons. The maximum Gasteiger partial charge on any atom is 0.322 e. The average molecular weight is 312 g/mol. The summed E-state index contributed by atoms with van der Waals surface area (Å²) >= 11 is 1.47. The first-order valence-electron chi connectivity index (χ1n) is 7.15. The third-order valence-corrected chi connectivity index (χ3v) is 4.09. The van der Waals surface area contributed by atoms with Crippen molar-refractivity contribution < 1.29 is 14.3 Å². The maximum absolute atomic E-state index is 12.5. The smallest absolute Gasteiger partial charge is 0.322 e. The fourth-order valence-corrected chi connectivity index (χ4v) is 2.55. The van der Waals surface area contributed by atoms with Gasteiger partial charge in [0.15, 0.2) is 0 Å². The summed E-state index contributed by atoms with van der Waals surface area (Å²) in [5.74, 6) is -0.756. The zero-order valence-corrected chi connectivity index (χ0v) is 14.2. The highest BCUT2D eigenvalue weighted by Crippen LogP contribution is 2.30. The predicted octanol–water partition coefficient (Wildman–Crippen LogP) is 2.91. The summed E-state index contributed by atoms with van der Waals surface area (Å²) < 4.78 is 5.43. The van der Waals surface area contributed by atoms with Crippen molar-refractivity contribution in [2.24, 2.45) is 5.41 Å². The second kappa shape index (κ2) is 7.02. The maximum atomic E-state index is 12.5. The van der Waals surface area contributed by atoms with Crippen LogP contribution in [0.4, 0.5) is 0 Å². The van der Waals surface area contributed by atoms with Gasteiger partial charge in [0.25, 0.3) is 0 Å². The zero-order chi connectivity index (χ0) is 16.1. The number of ether oxygens (including phenoxy) is 1. The van der Waals surface area contributed by atoms with Crippen molar-refractivity contribution in [3.05, 3.63) is 16.6 Å². The van der Waals surface area contributed by atoms with Crippen molar-refractivity contribution in [1.82, 2.24) is 10.3 Å². The Hall–Kier alpha value is -1.43. The lowest BCUT2D eigenvalue weighted by atomic mass is 9.81. The number of nitrogens with zero attached hydrogens (tertiary/aromatic N) is 1. The molecule has 0 aliphatic rings. The van der Waals surface area contributed by atoms with Crippen molar-refractivity contribution in [2.75, 3.05) is 0 Å². The van der Waals surface area contributed by atoms with Crippen LogP contribution >= 0.6 is 11.3 Å². The van der Waals surface area contributed by atoms with E-state index in [0.717, 1.165) is 5.01 Å². The van der Waals surface area contributed by atoms with E-state index in [-0.39, 0.29) is 5.91 Å². The van der Waals surface area contributed by atoms with Gasteiger partial charge in [0.1, 0.15) is 16.0 Å². The fourth-order valence-electron chi connectivity index (χ4n) is 1.99. The zero-order valence-electron chi connectivity index (χ0n) is 13.4. The van der Waals surface area contributed by atoms with E-state index < -0.39 is 17.0 Å². The summed E-state index contributed by atoms with van der Waals surface area (Å²) in [7, 11) is 0. The van der Waals surface area contributed by atoms with Crippen molar-refractivity contribution in [1.29, 1.82) is 0 Å². The van der Waals surface area contributed by atoms with Crippen LogP contribution in [0.2, 0.25) is 0 Å². The number of hydrogen-bond donors (Lipinski definition) is 1. The lowest BCUT2D eigenvalue weighted by molar-refractivity contribution is -0.171. The summed E-state index contributed by atoms with van der Waals surface area (Å²) in [5.41, 5.74) is -1.74. The van der Waals surface area contributed by atoms with E-state index in [4.69, 9.17) is 4.74 Å².